The average molecular weight is 403 g/mol. The van der Waals surface area contributed by atoms with Gasteiger partial charge in [-0.3, -0.25) is 0 Å². The highest BCUT2D eigenvalue weighted by Crippen LogP contribution is 2.32. The summed E-state index contributed by atoms with van der Waals surface area (Å²) in [5.41, 5.74) is 2.82. The van der Waals surface area contributed by atoms with Gasteiger partial charge in [0.05, 0.1) is 24.2 Å². The second-order valence-corrected chi connectivity index (χ2v) is 9.65. The first kappa shape index (κ1) is 19.3. The van der Waals surface area contributed by atoms with Crippen molar-refractivity contribution < 1.29 is 13.2 Å². The Morgan fingerprint density at radius 2 is 1.75 bits per heavy atom. The molecule has 0 bridgehead atoms. The van der Waals surface area contributed by atoms with Gasteiger partial charge in [0.1, 0.15) is 5.82 Å². The van der Waals surface area contributed by atoms with Gasteiger partial charge >= 0.3 is 0 Å². The first-order valence-electron chi connectivity index (χ1n) is 9.62. The summed E-state index contributed by atoms with van der Waals surface area (Å²) in [6.45, 7) is 6.32. The van der Waals surface area contributed by atoms with Crippen LogP contribution in [0.5, 0.6) is 0 Å². The van der Waals surface area contributed by atoms with E-state index in [1.807, 2.05) is 30.3 Å². The number of nitrogens with zero attached hydrogens (tertiary/aromatic N) is 4. The van der Waals surface area contributed by atoms with Gasteiger partial charge < -0.3 is 9.64 Å². The number of benzene rings is 1. The summed E-state index contributed by atoms with van der Waals surface area (Å²) < 4.78 is 31.6. The van der Waals surface area contributed by atoms with Gasteiger partial charge in [-0.05, 0) is 13.8 Å². The van der Waals surface area contributed by atoms with Crippen molar-refractivity contribution >= 4 is 15.8 Å². The molecule has 3 heterocycles. The van der Waals surface area contributed by atoms with Crippen molar-refractivity contribution in [1.29, 1.82) is 0 Å². The SMILES string of the molecule is CC1CN(c2nc(-c3ccccc3)nc3c2CN(S(C)(=O)=O)CC3)CC(C)O1. The molecule has 2 aliphatic heterocycles. The highest BCUT2D eigenvalue weighted by molar-refractivity contribution is 7.88. The van der Waals surface area contributed by atoms with Crippen molar-refractivity contribution in [3.63, 3.8) is 0 Å². The Hall–Kier alpha value is -2.03. The zero-order chi connectivity index (χ0) is 19.9. The number of morpholine rings is 1. The van der Waals surface area contributed by atoms with Gasteiger partial charge in [-0.2, -0.15) is 4.31 Å². The number of hydrogen-bond donors (Lipinski definition) is 0. The Morgan fingerprint density at radius 1 is 1.07 bits per heavy atom. The topological polar surface area (TPSA) is 75.6 Å². The number of ether oxygens (including phenoxy) is 1. The van der Waals surface area contributed by atoms with Crippen molar-refractivity contribution in [2.24, 2.45) is 0 Å². The van der Waals surface area contributed by atoms with Crippen molar-refractivity contribution in [3.8, 4) is 11.4 Å². The molecule has 150 valence electrons. The molecule has 7 nitrogen and oxygen atoms in total. The van der Waals surface area contributed by atoms with Gasteiger partial charge in [-0.25, -0.2) is 18.4 Å². The number of fused-ring (bicyclic) bond motifs is 1. The van der Waals surface area contributed by atoms with Crippen molar-refractivity contribution in [1.82, 2.24) is 14.3 Å². The summed E-state index contributed by atoms with van der Waals surface area (Å²) in [7, 11) is -3.27. The first-order valence-corrected chi connectivity index (χ1v) is 11.5. The maximum Gasteiger partial charge on any atom is 0.211 e. The summed E-state index contributed by atoms with van der Waals surface area (Å²) in [6.07, 6.45) is 2.02. The lowest BCUT2D eigenvalue weighted by Gasteiger charge is -2.38. The summed E-state index contributed by atoms with van der Waals surface area (Å²) in [4.78, 5) is 11.9. The van der Waals surface area contributed by atoms with E-state index in [0.717, 1.165) is 35.7 Å². The molecular formula is C20H26N4O3S. The Balaban J connectivity index is 1.81. The van der Waals surface area contributed by atoms with E-state index in [1.165, 1.54) is 10.6 Å². The van der Waals surface area contributed by atoms with Gasteiger partial charge in [-0.1, -0.05) is 30.3 Å². The molecule has 2 aromatic rings. The first-order chi connectivity index (χ1) is 13.3. The van der Waals surface area contributed by atoms with Crippen molar-refractivity contribution in [2.75, 3.05) is 30.8 Å². The Bertz CT molecular complexity index is 955. The minimum atomic E-state index is -3.27. The predicted molar refractivity (Wildman–Crippen MR) is 109 cm³/mol. The van der Waals surface area contributed by atoms with Crippen LogP contribution in [-0.2, 0) is 27.7 Å². The number of sulfonamides is 1. The zero-order valence-corrected chi connectivity index (χ0v) is 17.3. The lowest BCUT2D eigenvalue weighted by Crippen LogP contribution is -2.47. The Morgan fingerprint density at radius 3 is 2.39 bits per heavy atom. The van der Waals surface area contributed by atoms with Crippen LogP contribution in [0.1, 0.15) is 25.1 Å². The van der Waals surface area contributed by atoms with E-state index in [1.54, 1.807) is 0 Å². The van der Waals surface area contributed by atoms with E-state index in [2.05, 4.69) is 18.7 Å². The predicted octanol–water partition coefficient (Wildman–Crippen LogP) is 2.07. The van der Waals surface area contributed by atoms with E-state index in [9.17, 15) is 8.42 Å². The maximum atomic E-state index is 12.1. The molecule has 0 aliphatic carbocycles. The lowest BCUT2D eigenvalue weighted by molar-refractivity contribution is -0.00555. The third-order valence-corrected chi connectivity index (χ3v) is 6.47. The molecule has 2 atom stereocenters. The molecular weight excluding hydrogens is 376 g/mol. The fourth-order valence-electron chi connectivity index (χ4n) is 3.98. The van der Waals surface area contributed by atoms with E-state index < -0.39 is 10.0 Å². The van der Waals surface area contributed by atoms with Crippen LogP contribution in [0.15, 0.2) is 30.3 Å². The minimum Gasteiger partial charge on any atom is -0.372 e. The van der Waals surface area contributed by atoms with Crippen LogP contribution in [0.2, 0.25) is 0 Å². The number of anilines is 1. The monoisotopic (exact) mass is 402 g/mol. The average Bonchev–Trinajstić information content (AvgIpc) is 2.66. The lowest BCUT2D eigenvalue weighted by atomic mass is 10.1. The van der Waals surface area contributed by atoms with Crippen molar-refractivity contribution in [2.45, 2.75) is 39.0 Å². The fraction of sp³-hybridized carbons (Fsp3) is 0.500. The molecule has 1 fully saturated rings. The highest BCUT2D eigenvalue weighted by atomic mass is 32.2. The van der Waals surface area contributed by atoms with Crippen LogP contribution < -0.4 is 4.90 Å². The maximum absolute atomic E-state index is 12.1. The van der Waals surface area contributed by atoms with Gasteiger partial charge in [0.2, 0.25) is 10.0 Å². The smallest absolute Gasteiger partial charge is 0.211 e. The van der Waals surface area contributed by atoms with E-state index >= 15 is 0 Å². The summed E-state index contributed by atoms with van der Waals surface area (Å²) in [6, 6.07) is 9.92. The van der Waals surface area contributed by atoms with Crippen LogP contribution >= 0.6 is 0 Å². The Kier molecular flexibility index (Phi) is 5.11. The van der Waals surface area contributed by atoms with Gasteiger partial charge in [0.15, 0.2) is 5.82 Å². The second kappa shape index (κ2) is 7.42. The quantitative estimate of drug-likeness (QED) is 0.782. The number of rotatable bonds is 3. The van der Waals surface area contributed by atoms with E-state index in [4.69, 9.17) is 14.7 Å². The van der Waals surface area contributed by atoms with Crippen LogP contribution in [0.4, 0.5) is 5.82 Å². The third kappa shape index (κ3) is 3.90. The molecule has 2 aliphatic rings. The largest absolute Gasteiger partial charge is 0.372 e. The molecule has 0 amide bonds. The molecule has 8 heteroatoms. The molecule has 1 saturated heterocycles. The molecule has 28 heavy (non-hydrogen) atoms. The summed E-state index contributed by atoms with van der Waals surface area (Å²) in [5.74, 6) is 1.52. The van der Waals surface area contributed by atoms with Crippen molar-refractivity contribution in [3.05, 3.63) is 41.6 Å². The minimum absolute atomic E-state index is 0.0872. The van der Waals surface area contributed by atoms with E-state index in [-0.39, 0.29) is 12.2 Å². The molecule has 0 spiro atoms. The Labute approximate surface area is 166 Å². The molecule has 4 rings (SSSR count). The standard InChI is InChI=1S/C20H26N4O3S/c1-14-11-23(12-15(2)27-14)20-17-13-24(28(3,25)26)10-9-18(17)21-19(22-20)16-7-5-4-6-8-16/h4-8,14-15H,9-13H2,1-3H3. The van der Waals surface area contributed by atoms with Crippen LogP contribution in [0.3, 0.4) is 0 Å². The highest BCUT2D eigenvalue weighted by Gasteiger charge is 2.32. The molecule has 0 radical (unpaired) electrons. The van der Waals surface area contributed by atoms with Crippen LogP contribution in [-0.4, -0.2) is 60.8 Å². The molecule has 1 aromatic heterocycles. The van der Waals surface area contributed by atoms with Crippen LogP contribution in [0, 0.1) is 0 Å². The third-order valence-electron chi connectivity index (χ3n) is 5.22. The summed E-state index contributed by atoms with van der Waals surface area (Å²) in [5, 5.41) is 0. The number of aromatic nitrogens is 2. The fourth-order valence-corrected chi connectivity index (χ4v) is 4.77. The zero-order valence-electron chi connectivity index (χ0n) is 16.5. The molecule has 2 unspecified atom stereocenters. The molecule has 1 aromatic carbocycles. The van der Waals surface area contributed by atoms with Crippen LogP contribution in [0.25, 0.3) is 11.4 Å². The summed E-state index contributed by atoms with van der Waals surface area (Å²) >= 11 is 0. The van der Waals surface area contributed by atoms with Gasteiger partial charge in [0.25, 0.3) is 0 Å². The van der Waals surface area contributed by atoms with E-state index in [0.29, 0.717) is 25.3 Å². The van der Waals surface area contributed by atoms with Gasteiger partial charge in [0, 0.05) is 43.7 Å². The molecule has 0 N–H and O–H groups in total. The molecule has 0 saturated carbocycles. The number of hydrogen-bond acceptors (Lipinski definition) is 6. The van der Waals surface area contributed by atoms with Gasteiger partial charge in [-0.15, -0.1) is 0 Å². The normalized spacial score (nSPS) is 23.5. The second-order valence-electron chi connectivity index (χ2n) is 7.67.